The van der Waals surface area contributed by atoms with E-state index in [1.54, 1.807) is 14.2 Å². The zero-order valence-corrected chi connectivity index (χ0v) is 22.8. The number of methoxy groups -OCH3 is 1. The standard InChI is InChI=1S/C29H44N4O5/c1-31-25(30)33-13-11-26(16-32-12-14-34)10-9-21-28-18-5-3-4-6-22(38-2)29(21,37)23(24(35)36)20(28)15-19(8-7-18)27(26,28)17-33/h11,13,18-19,21-22,32,34,37H,3-10,12,14-17H2,1-2H3,(H2,30,31)(H,35,36)/t18-,19-,21+,22-,26+,27-,28+,29-/m1/s1. The van der Waals surface area contributed by atoms with Gasteiger partial charge in [0.05, 0.1) is 18.3 Å². The summed E-state index contributed by atoms with van der Waals surface area (Å²) < 4.78 is 5.99. The van der Waals surface area contributed by atoms with Gasteiger partial charge in [0.15, 0.2) is 5.96 Å². The number of aliphatic imine (C=N–C) groups is 1. The van der Waals surface area contributed by atoms with Gasteiger partial charge in [0.2, 0.25) is 0 Å². The number of aliphatic carboxylic acids is 1. The molecule has 3 bridgehead atoms. The highest BCUT2D eigenvalue weighted by molar-refractivity contribution is 5.92. The van der Waals surface area contributed by atoms with E-state index in [4.69, 9.17) is 10.5 Å². The van der Waals surface area contributed by atoms with Crippen LogP contribution in [0.25, 0.3) is 0 Å². The van der Waals surface area contributed by atoms with Crippen LogP contribution in [0.1, 0.15) is 57.8 Å². The molecule has 8 atom stereocenters. The molecule has 4 fully saturated rings. The second kappa shape index (κ2) is 9.04. The third-order valence-corrected chi connectivity index (χ3v) is 11.9. The molecule has 0 amide bonds. The van der Waals surface area contributed by atoms with Crippen molar-refractivity contribution in [3.63, 3.8) is 0 Å². The van der Waals surface area contributed by atoms with Gasteiger partial charge in [0, 0.05) is 62.2 Å². The normalized spacial score (nSPS) is 45.5. The number of nitrogens with zero attached hydrogens (tertiary/aromatic N) is 2. The molecule has 210 valence electrons. The Bertz CT molecular complexity index is 1090. The van der Waals surface area contributed by atoms with Gasteiger partial charge in [-0.2, -0.15) is 0 Å². The second-order valence-corrected chi connectivity index (χ2v) is 12.7. The monoisotopic (exact) mass is 528 g/mol. The summed E-state index contributed by atoms with van der Waals surface area (Å²) in [6.45, 7) is 1.95. The number of guanidine groups is 1. The first-order valence-electron chi connectivity index (χ1n) is 14.5. The number of rotatable bonds is 6. The van der Waals surface area contributed by atoms with Crippen molar-refractivity contribution in [1.82, 2.24) is 10.2 Å². The highest BCUT2D eigenvalue weighted by Crippen LogP contribution is 2.85. The van der Waals surface area contributed by atoms with E-state index < -0.39 is 23.1 Å². The predicted molar refractivity (Wildman–Crippen MR) is 143 cm³/mol. The van der Waals surface area contributed by atoms with E-state index in [1.165, 1.54) is 0 Å². The van der Waals surface area contributed by atoms with Crippen molar-refractivity contribution in [1.29, 1.82) is 0 Å². The fourth-order valence-corrected chi connectivity index (χ4v) is 11.0. The number of carboxylic acid groups (broad SMARTS) is 1. The molecule has 9 heteroatoms. The Morgan fingerprint density at radius 2 is 2.00 bits per heavy atom. The van der Waals surface area contributed by atoms with E-state index in [0.717, 1.165) is 50.5 Å². The van der Waals surface area contributed by atoms with Gasteiger partial charge < -0.3 is 36.0 Å². The molecule has 0 radical (unpaired) electrons. The molecule has 38 heavy (non-hydrogen) atoms. The van der Waals surface area contributed by atoms with Crippen LogP contribution >= 0.6 is 0 Å². The fraction of sp³-hybridized carbons (Fsp3) is 0.793. The molecule has 0 unspecified atom stereocenters. The van der Waals surface area contributed by atoms with Crippen LogP contribution in [-0.4, -0.2) is 84.3 Å². The fourth-order valence-electron chi connectivity index (χ4n) is 11.0. The van der Waals surface area contributed by atoms with Crippen LogP contribution in [0.3, 0.4) is 0 Å². The van der Waals surface area contributed by atoms with Crippen molar-refractivity contribution in [2.24, 2.45) is 44.7 Å². The quantitative estimate of drug-likeness (QED) is 0.200. The third kappa shape index (κ3) is 2.91. The minimum absolute atomic E-state index is 0.0672. The topological polar surface area (TPSA) is 141 Å². The Morgan fingerprint density at radius 1 is 1.24 bits per heavy atom. The van der Waals surface area contributed by atoms with Gasteiger partial charge >= 0.3 is 5.97 Å². The lowest BCUT2D eigenvalue weighted by molar-refractivity contribution is -0.230. The molecule has 9 nitrogen and oxygen atoms in total. The summed E-state index contributed by atoms with van der Waals surface area (Å²) >= 11 is 0. The number of aliphatic hydroxyl groups is 2. The Kier molecular flexibility index (Phi) is 6.26. The number of carboxylic acids is 1. The summed E-state index contributed by atoms with van der Waals surface area (Å²) in [6, 6.07) is 0. The summed E-state index contributed by atoms with van der Waals surface area (Å²) in [4.78, 5) is 19.6. The minimum Gasteiger partial charge on any atom is -0.478 e. The predicted octanol–water partition coefficient (Wildman–Crippen LogP) is 1.86. The van der Waals surface area contributed by atoms with E-state index in [9.17, 15) is 20.1 Å². The minimum atomic E-state index is -1.52. The number of nitrogens with two attached hydrogens (primary N) is 1. The number of aliphatic hydroxyl groups excluding tert-OH is 1. The lowest BCUT2D eigenvalue weighted by Crippen LogP contribution is -2.72. The van der Waals surface area contributed by atoms with Crippen LogP contribution in [0.2, 0.25) is 0 Å². The molecule has 1 heterocycles. The van der Waals surface area contributed by atoms with Crippen molar-refractivity contribution >= 4 is 11.9 Å². The van der Waals surface area contributed by atoms with E-state index in [1.807, 2.05) is 0 Å². The Labute approximate surface area is 225 Å². The summed E-state index contributed by atoms with van der Waals surface area (Å²) in [5, 5.41) is 36.7. The van der Waals surface area contributed by atoms with Gasteiger partial charge in [-0.25, -0.2) is 4.79 Å². The van der Waals surface area contributed by atoms with E-state index in [-0.39, 0.29) is 34.8 Å². The van der Waals surface area contributed by atoms with Crippen LogP contribution in [0.5, 0.6) is 0 Å². The van der Waals surface area contributed by atoms with Gasteiger partial charge in [-0.1, -0.05) is 18.9 Å². The number of nitrogens with one attached hydrogen (secondary N) is 1. The summed E-state index contributed by atoms with van der Waals surface area (Å²) in [5.41, 5.74) is 5.15. The highest BCUT2D eigenvalue weighted by atomic mass is 16.5. The third-order valence-electron chi connectivity index (χ3n) is 11.9. The van der Waals surface area contributed by atoms with Crippen LogP contribution in [0.4, 0.5) is 0 Å². The Morgan fingerprint density at radius 3 is 2.71 bits per heavy atom. The molecule has 6 N–H and O–H groups in total. The van der Waals surface area contributed by atoms with Crippen LogP contribution < -0.4 is 11.1 Å². The molecular formula is C29H44N4O5. The molecule has 0 aromatic carbocycles. The molecule has 6 rings (SSSR count). The molecule has 0 saturated heterocycles. The molecular weight excluding hydrogens is 484 g/mol. The summed E-state index contributed by atoms with van der Waals surface area (Å²) in [5.74, 6) is -0.161. The van der Waals surface area contributed by atoms with E-state index >= 15 is 0 Å². The van der Waals surface area contributed by atoms with Crippen molar-refractivity contribution < 1.29 is 24.9 Å². The van der Waals surface area contributed by atoms with Crippen LogP contribution in [-0.2, 0) is 9.53 Å². The molecule has 0 aromatic rings. The van der Waals surface area contributed by atoms with Gasteiger partial charge in [0.25, 0.3) is 0 Å². The maximum absolute atomic E-state index is 13.2. The smallest absolute Gasteiger partial charge is 0.334 e. The first-order chi connectivity index (χ1) is 18.3. The average molecular weight is 529 g/mol. The van der Waals surface area contributed by atoms with Crippen molar-refractivity contribution in [2.45, 2.75) is 69.5 Å². The summed E-state index contributed by atoms with van der Waals surface area (Å²) in [6.07, 6.45) is 11.9. The maximum atomic E-state index is 13.2. The van der Waals surface area contributed by atoms with Gasteiger partial charge in [0.1, 0.15) is 5.60 Å². The van der Waals surface area contributed by atoms with Crippen LogP contribution in [0.15, 0.2) is 28.4 Å². The zero-order valence-electron chi connectivity index (χ0n) is 22.8. The lowest BCUT2D eigenvalue weighted by Gasteiger charge is -2.71. The zero-order chi connectivity index (χ0) is 26.9. The van der Waals surface area contributed by atoms with Gasteiger partial charge in [-0.15, -0.1) is 0 Å². The van der Waals surface area contributed by atoms with Crippen molar-refractivity contribution in [3.8, 4) is 0 Å². The van der Waals surface area contributed by atoms with Crippen molar-refractivity contribution in [2.75, 3.05) is 40.4 Å². The Balaban J connectivity index is 1.66. The molecule has 0 aromatic heterocycles. The highest BCUT2D eigenvalue weighted by Gasteiger charge is 2.84. The number of allylic oxidation sites excluding steroid dienone is 1. The number of hydrogen-bond acceptors (Lipinski definition) is 6. The molecule has 1 aliphatic heterocycles. The SMILES string of the molecule is CN=C(N)N1C=C[C@]2(CNCCO)CC[C@@H]3[C@]4(O)C(C(=O)O)=C5C[C@H]6CC[C@@H](CCCC[C@H]4OC)[C@]53[C@]62C1. The maximum Gasteiger partial charge on any atom is 0.334 e. The van der Waals surface area contributed by atoms with Crippen molar-refractivity contribution in [3.05, 3.63) is 23.4 Å². The summed E-state index contributed by atoms with van der Waals surface area (Å²) in [7, 11) is 3.34. The number of hydrogen-bond donors (Lipinski definition) is 5. The lowest BCUT2D eigenvalue weighted by atomic mass is 9.34. The molecule has 5 aliphatic carbocycles. The van der Waals surface area contributed by atoms with Gasteiger partial charge in [-0.3, -0.25) is 4.99 Å². The second-order valence-electron chi connectivity index (χ2n) is 12.7. The van der Waals surface area contributed by atoms with Gasteiger partial charge in [-0.05, 0) is 62.4 Å². The Hall–Kier alpha value is -1.94. The van der Waals surface area contributed by atoms with E-state index in [0.29, 0.717) is 44.4 Å². The largest absolute Gasteiger partial charge is 0.478 e. The molecule has 2 spiro atoms. The average Bonchev–Trinajstić information content (AvgIpc) is 3.26. The molecule has 6 aliphatic rings. The molecule has 4 saturated carbocycles. The first kappa shape index (κ1) is 26.3. The number of carbonyl (C=O) groups is 1. The van der Waals surface area contributed by atoms with Crippen LogP contribution in [0, 0.1) is 34.0 Å². The number of ether oxygens (including phenoxy) is 1. The first-order valence-corrected chi connectivity index (χ1v) is 14.5. The van der Waals surface area contributed by atoms with E-state index in [2.05, 4.69) is 27.5 Å².